The van der Waals surface area contributed by atoms with E-state index in [-0.39, 0.29) is 0 Å². The van der Waals surface area contributed by atoms with Gasteiger partial charge in [-0.2, -0.15) is 0 Å². The first kappa shape index (κ1) is 16.8. The van der Waals surface area contributed by atoms with Gasteiger partial charge in [-0.25, -0.2) is 5.43 Å². The van der Waals surface area contributed by atoms with E-state index in [0.717, 1.165) is 37.6 Å². The molecule has 3 atom stereocenters. The summed E-state index contributed by atoms with van der Waals surface area (Å²) in [6.07, 6.45) is 5.66. The Kier molecular flexibility index (Phi) is 4.57. The Labute approximate surface area is 159 Å². The summed E-state index contributed by atoms with van der Waals surface area (Å²) in [5.41, 5.74) is 9.55. The van der Waals surface area contributed by atoms with Crippen molar-refractivity contribution in [2.45, 2.75) is 18.5 Å². The maximum atomic E-state index is 5.56. The quantitative estimate of drug-likeness (QED) is 0.875. The van der Waals surface area contributed by atoms with Crippen LogP contribution in [0.15, 0.2) is 54.6 Å². The van der Waals surface area contributed by atoms with Crippen LogP contribution in [0.5, 0.6) is 11.5 Å². The van der Waals surface area contributed by atoms with Crippen molar-refractivity contribution < 1.29 is 9.47 Å². The monoisotopic (exact) mass is 363 g/mol. The molecule has 2 N–H and O–H groups in total. The zero-order valence-corrected chi connectivity index (χ0v) is 15.3. The van der Waals surface area contributed by atoms with E-state index in [0.29, 0.717) is 24.8 Å². The predicted octanol–water partition coefficient (Wildman–Crippen LogP) is 2.97. The Morgan fingerprint density at radius 3 is 2.85 bits per heavy atom. The van der Waals surface area contributed by atoms with Crippen LogP contribution in [0.3, 0.4) is 0 Å². The van der Waals surface area contributed by atoms with Crippen LogP contribution in [0.2, 0.25) is 0 Å². The Hall–Kier alpha value is -2.34. The largest absolute Gasteiger partial charge is 0.454 e. The lowest BCUT2D eigenvalue weighted by Gasteiger charge is -2.35. The minimum Gasteiger partial charge on any atom is -0.454 e. The molecule has 2 aromatic rings. The van der Waals surface area contributed by atoms with Crippen molar-refractivity contribution in [1.29, 1.82) is 0 Å². The fourth-order valence-corrected chi connectivity index (χ4v) is 4.38. The number of hydrogen-bond donors (Lipinski definition) is 2. The number of rotatable bonds is 4. The molecule has 27 heavy (non-hydrogen) atoms. The summed E-state index contributed by atoms with van der Waals surface area (Å²) < 4.78 is 11.0. The number of nitrogens with one attached hydrogen (secondary N) is 2. The van der Waals surface area contributed by atoms with E-state index in [1.165, 1.54) is 11.1 Å². The number of benzene rings is 2. The van der Waals surface area contributed by atoms with Gasteiger partial charge in [-0.1, -0.05) is 48.6 Å². The highest BCUT2D eigenvalue weighted by atomic mass is 16.7. The Bertz CT molecular complexity index is 824. The summed E-state index contributed by atoms with van der Waals surface area (Å²) in [7, 11) is 0. The van der Waals surface area contributed by atoms with Crippen LogP contribution in [-0.4, -0.2) is 37.4 Å². The van der Waals surface area contributed by atoms with Crippen LogP contribution in [0.4, 0.5) is 0 Å². The smallest absolute Gasteiger partial charge is 0.231 e. The van der Waals surface area contributed by atoms with Gasteiger partial charge in [0.15, 0.2) is 11.5 Å². The highest BCUT2D eigenvalue weighted by Gasteiger charge is 2.40. The van der Waals surface area contributed by atoms with E-state index < -0.39 is 0 Å². The SMILES string of the molecule is C(=C\c1ccccc1)/CN1CCC2NNC(c3ccc4c(c3)OCO4)C2C1. The van der Waals surface area contributed by atoms with E-state index in [2.05, 4.69) is 70.4 Å². The summed E-state index contributed by atoms with van der Waals surface area (Å²) in [6, 6.07) is 17.6. The first-order valence-corrected chi connectivity index (χ1v) is 9.71. The second kappa shape index (κ2) is 7.35. The van der Waals surface area contributed by atoms with Crippen molar-refractivity contribution in [1.82, 2.24) is 15.8 Å². The van der Waals surface area contributed by atoms with Crippen molar-refractivity contribution in [3.05, 3.63) is 65.7 Å². The first-order valence-electron chi connectivity index (χ1n) is 9.71. The number of ether oxygens (including phenoxy) is 2. The van der Waals surface area contributed by atoms with E-state index in [1.54, 1.807) is 0 Å². The Morgan fingerprint density at radius 1 is 1.04 bits per heavy atom. The molecule has 3 unspecified atom stereocenters. The van der Waals surface area contributed by atoms with Crippen LogP contribution in [0, 0.1) is 5.92 Å². The van der Waals surface area contributed by atoms with Crippen molar-refractivity contribution in [2.75, 3.05) is 26.4 Å². The average Bonchev–Trinajstić information content (AvgIpc) is 3.34. The van der Waals surface area contributed by atoms with E-state index in [1.807, 2.05) is 6.07 Å². The van der Waals surface area contributed by atoms with Crippen molar-refractivity contribution in [3.63, 3.8) is 0 Å². The molecule has 5 heteroatoms. The van der Waals surface area contributed by atoms with Gasteiger partial charge in [0.25, 0.3) is 0 Å². The zero-order chi connectivity index (χ0) is 18.1. The van der Waals surface area contributed by atoms with Gasteiger partial charge in [0.2, 0.25) is 6.79 Å². The second-order valence-corrected chi connectivity index (χ2v) is 7.51. The van der Waals surface area contributed by atoms with Gasteiger partial charge in [0.1, 0.15) is 0 Å². The third kappa shape index (κ3) is 3.46. The predicted molar refractivity (Wildman–Crippen MR) is 105 cm³/mol. The number of likely N-dealkylation sites (tertiary alicyclic amines) is 1. The second-order valence-electron chi connectivity index (χ2n) is 7.51. The molecule has 3 heterocycles. The molecule has 140 valence electrons. The van der Waals surface area contributed by atoms with Crippen molar-refractivity contribution in [3.8, 4) is 11.5 Å². The number of piperidine rings is 1. The molecular formula is C22H25N3O2. The van der Waals surface area contributed by atoms with E-state index >= 15 is 0 Å². The lowest BCUT2D eigenvalue weighted by molar-refractivity contribution is 0.168. The Balaban J connectivity index is 1.26. The summed E-state index contributed by atoms with van der Waals surface area (Å²) in [6.45, 7) is 3.53. The molecule has 5 nitrogen and oxygen atoms in total. The first-order chi connectivity index (χ1) is 13.4. The van der Waals surface area contributed by atoms with Crippen LogP contribution in [-0.2, 0) is 0 Å². The maximum Gasteiger partial charge on any atom is 0.231 e. The summed E-state index contributed by atoms with van der Waals surface area (Å²) in [5.74, 6) is 2.25. The molecule has 0 bridgehead atoms. The highest BCUT2D eigenvalue weighted by Crippen LogP contribution is 2.39. The van der Waals surface area contributed by atoms with Gasteiger partial charge in [0, 0.05) is 31.6 Å². The maximum absolute atomic E-state index is 5.56. The summed E-state index contributed by atoms with van der Waals surface area (Å²) >= 11 is 0. The molecule has 5 rings (SSSR count). The molecular weight excluding hydrogens is 338 g/mol. The summed E-state index contributed by atoms with van der Waals surface area (Å²) in [4.78, 5) is 2.55. The molecule has 2 fully saturated rings. The molecule has 0 amide bonds. The highest BCUT2D eigenvalue weighted by molar-refractivity contribution is 5.49. The third-order valence-corrected chi connectivity index (χ3v) is 5.82. The normalized spacial score (nSPS) is 27.2. The van der Waals surface area contributed by atoms with Crippen molar-refractivity contribution in [2.24, 2.45) is 5.92 Å². The lowest BCUT2D eigenvalue weighted by atomic mass is 9.85. The topological polar surface area (TPSA) is 45.8 Å². The van der Waals surface area contributed by atoms with Crippen LogP contribution in [0.25, 0.3) is 6.08 Å². The van der Waals surface area contributed by atoms with Crippen molar-refractivity contribution >= 4 is 6.08 Å². The number of hydrazine groups is 1. The average molecular weight is 363 g/mol. The Morgan fingerprint density at radius 2 is 1.93 bits per heavy atom. The van der Waals surface area contributed by atoms with Gasteiger partial charge < -0.3 is 9.47 Å². The molecule has 0 radical (unpaired) electrons. The van der Waals surface area contributed by atoms with Gasteiger partial charge >= 0.3 is 0 Å². The molecule has 0 aliphatic carbocycles. The molecule has 0 saturated carbocycles. The molecule has 3 aliphatic rings. The minimum absolute atomic E-state index is 0.297. The molecule has 2 saturated heterocycles. The number of hydrogen-bond acceptors (Lipinski definition) is 5. The number of nitrogens with zero attached hydrogens (tertiary/aromatic N) is 1. The van der Waals surface area contributed by atoms with Crippen LogP contribution < -0.4 is 20.3 Å². The van der Waals surface area contributed by atoms with Crippen LogP contribution in [0.1, 0.15) is 23.6 Å². The zero-order valence-electron chi connectivity index (χ0n) is 15.3. The van der Waals surface area contributed by atoms with Crippen LogP contribution >= 0.6 is 0 Å². The van der Waals surface area contributed by atoms with Gasteiger partial charge in [0.05, 0.1) is 6.04 Å². The van der Waals surface area contributed by atoms with Gasteiger partial charge in [-0.05, 0) is 29.7 Å². The fraction of sp³-hybridized carbons (Fsp3) is 0.364. The molecule has 2 aromatic carbocycles. The fourth-order valence-electron chi connectivity index (χ4n) is 4.38. The minimum atomic E-state index is 0.297. The van der Waals surface area contributed by atoms with Gasteiger partial charge in [-0.15, -0.1) is 0 Å². The molecule has 3 aliphatic heterocycles. The van der Waals surface area contributed by atoms with E-state index in [4.69, 9.17) is 9.47 Å². The number of fused-ring (bicyclic) bond motifs is 2. The summed E-state index contributed by atoms with van der Waals surface area (Å²) in [5, 5.41) is 0. The molecule has 0 spiro atoms. The lowest BCUT2D eigenvalue weighted by Crippen LogP contribution is -2.45. The standard InChI is InChI=1S/C22H25N3O2/c1-2-5-16(6-3-1)7-4-11-25-12-10-19-18(14-25)22(24-23-19)17-8-9-20-21(13-17)27-15-26-20/h1-9,13,18-19,22-24H,10-12,14-15H2/b7-4+. The molecule has 0 aromatic heterocycles. The van der Waals surface area contributed by atoms with Gasteiger partial charge in [-0.3, -0.25) is 10.3 Å². The third-order valence-electron chi connectivity index (χ3n) is 5.82. The van der Waals surface area contributed by atoms with E-state index in [9.17, 15) is 0 Å².